The van der Waals surface area contributed by atoms with E-state index < -0.39 is 0 Å². The predicted octanol–water partition coefficient (Wildman–Crippen LogP) is 4.12. The Morgan fingerprint density at radius 3 is 2.63 bits per heavy atom. The molecular formula is C20H15N3O3S. The van der Waals surface area contributed by atoms with Crippen LogP contribution in [0, 0.1) is 0 Å². The highest BCUT2D eigenvalue weighted by Gasteiger charge is 2.10. The van der Waals surface area contributed by atoms with Crippen LogP contribution < -0.4 is 0 Å². The third-order valence-corrected chi connectivity index (χ3v) is 4.59. The number of thioether (sulfide) groups is 1. The molecule has 27 heavy (non-hydrogen) atoms. The highest BCUT2D eigenvalue weighted by atomic mass is 32.2. The van der Waals surface area contributed by atoms with E-state index in [2.05, 4.69) is 15.0 Å². The van der Waals surface area contributed by atoms with E-state index in [1.165, 1.54) is 18.0 Å². The molecule has 0 saturated carbocycles. The summed E-state index contributed by atoms with van der Waals surface area (Å²) in [6.45, 7) is 0.0686. The number of hydrogen-bond acceptors (Lipinski definition) is 7. The average Bonchev–Trinajstić information content (AvgIpc) is 3.20. The Morgan fingerprint density at radius 1 is 1.00 bits per heavy atom. The van der Waals surface area contributed by atoms with Gasteiger partial charge in [-0.05, 0) is 24.3 Å². The summed E-state index contributed by atoms with van der Waals surface area (Å²) in [5.74, 6) is 0.304. The largest absolute Gasteiger partial charge is 0.458 e. The molecule has 0 spiro atoms. The van der Waals surface area contributed by atoms with E-state index in [-0.39, 0.29) is 18.3 Å². The smallest absolute Gasteiger partial charge is 0.316 e. The Balaban J connectivity index is 1.30. The fourth-order valence-electron chi connectivity index (χ4n) is 2.43. The van der Waals surface area contributed by atoms with Crippen molar-refractivity contribution in [3.63, 3.8) is 0 Å². The minimum atomic E-state index is -0.348. The number of nitrogens with zero attached hydrogens (tertiary/aromatic N) is 3. The van der Waals surface area contributed by atoms with Crippen LogP contribution in [0.15, 0.2) is 76.5 Å². The van der Waals surface area contributed by atoms with Crippen LogP contribution in [0.5, 0.6) is 0 Å². The first-order valence-corrected chi connectivity index (χ1v) is 9.26. The lowest BCUT2D eigenvalue weighted by molar-refractivity contribution is -0.141. The predicted molar refractivity (Wildman–Crippen MR) is 102 cm³/mol. The van der Waals surface area contributed by atoms with Gasteiger partial charge in [-0.1, -0.05) is 42.1 Å². The van der Waals surface area contributed by atoms with Gasteiger partial charge in [-0.25, -0.2) is 9.97 Å². The standard InChI is InChI=1S/C20H15N3O3S/c24-19(13-27-18-10-21-16-8-4-5-9-17(16)23-18)25-11-15-12-26-20(22-15)14-6-2-1-3-7-14/h1-10,12H,11,13H2. The quantitative estimate of drug-likeness (QED) is 0.369. The van der Waals surface area contributed by atoms with Crippen LogP contribution >= 0.6 is 11.8 Å². The molecule has 0 aliphatic heterocycles. The van der Waals surface area contributed by atoms with Gasteiger partial charge in [-0.15, -0.1) is 0 Å². The van der Waals surface area contributed by atoms with E-state index >= 15 is 0 Å². The molecule has 0 N–H and O–H groups in total. The number of carbonyl (C=O) groups is 1. The Labute approximate surface area is 159 Å². The van der Waals surface area contributed by atoms with Crippen molar-refractivity contribution in [2.45, 2.75) is 11.6 Å². The van der Waals surface area contributed by atoms with Crippen molar-refractivity contribution in [3.8, 4) is 11.5 Å². The molecule has 2 aromatic carbocycles. The average molecular weight is 377 g/mol. The van der Waals surface area contributed by atoms with E-state index in [0.717, 1.165) is 16.6 Å². The summed E-state index contributed by atoms with van der Waals surface area (Å²) in [6, 6.07) is 17.2. The number of oxazole rings is 1. The molecule has 0 amide bonds. The number of rotatable bonds is 6. The summed E-state index contributed by atoms with van der Waals surface area (Å²) >= 11 is 1.29. The van der Waals surface area contributed by atoms with E-state index in [1.807, 2.05) is 54.6 Å². The second-order valence-electron chi connectivity index (χ2n) is 5.66. The van der Waals surface area contributed by atoms with Gasteiger partial charge >= 0.3 is 5.97 Å². The van der Waals surface area contributed by atoms with Crippen molar-refractivity contribution < 1.29 is 13.9 Å². The van der Waals surface area contributed by atoms with Crippen LogP contribution in [-0.4, -0.2) is 26.7 Å². The van der Waals surface area contributed by atoms with E-state index in [9.17, 15) is 4.79 Å². The summed E-state index contributed by atoms with van der Waals surface area (Å²) in [6.07, 6.45) is 3.15. The first kappa shape index (κ1) is 17.2. The van der Waals surface area contributed by atoms with Crippen molar-refractivity contribution in [3.05, 3.63) is 72.8 Å². The first-order valence-electron chi connectivity index (χ1n) is 8.28. The Bertz CT molecular complexity index is 1070. The van der Waals surface area contributed by atoms with Crippen LogP contribution in [0.1, 0.15) is 5.69 Å². The Kier molecular flexibility index (Phi) is 5.11. The number of para-hydroxylation sites is 2. The van der Waals surface area contributed by atoms with Gasteiger partial charge in [0, 0.05) is 5.56 Å². The fraction of sp³-hybridized carbons (Fsp3) is 0.100. The molecule has 4 rings (SSSR count). The summed E-state index contributed by atoms with van der Waals surface area (Å²) in [7, 11) is 0. The number of carbonyl (C=O) groups excluding carboxylic acids is 1. The molecule has 4 aromatic rings. The number of hydrogen-bond donors (Lipinski definition) is 0. The zero-order valence-corrected chi connectivity index (χ0v) is 15.1. The number of fused-ring (bicyclic) bond motifs is 1. The van der Waals surface area contributed by atoms with Crippen LogP contribution in [-0.2, 0) is 16.1 Å². The number of esters is 1. The molecule has 0 aliphatic rings. The molecule has 6 nitrogen and oxygen atoms in total. The third kappa shape index (κ3) is 4.32. The SMILES string of the molecule is O=C(CSc1cnc2ccccc2n1)OCc1coc(-c2ccccc2)n1. The number of ether oxygens (including phenoxy) is 1. The molecule has 0 fully saturated rings. The van der Waals surface area contributed by atoms with E-state index in [1.54, 1.807) is 6.20 Å². The maximum Gasteiger partial charge on any atom is 0.316 e. The maximum absolute atomic E-state index is 12.0. The molecule has 2 heterocycles. The van der Waals surface area contributed by atoms with Crippen LogP contribution in [0.25, 0.3) is 22.5 Å². The van der Waals surface area contributed by atoms with E-state index in [0.29, 0.717) is 16.6 Å². The molecule has 0 saturated heterocycles. The van der Waals surface area contributed by atoms with Gasteiger partial charge in [-0.2, -0.15) is 0 Å². The van der Waals surface area contributed by atoms with Gasteiger partial charge in [-0.3, -0.25) is 9.78 Å². The zero-order chi connectivity index (χ0) is 18.5. The maximum atomic E-state index is 12.0. The summed E-state index contributed by atoms with van der Waals surface area (Å²) in [5, 5.41) is 0.679. The second-order valence-corrected chi connectivity index (χ2v) is 6.65. The zero-order valence-electron chi connectivity index (χ0n) is 14.2. The fourth-order valence-corrected chi connectivity index (χ4v) is 3.06. The molecular weight excluding hydrogens is 362 g/mol. The van der Waals surface area contributed by atoms with Gasteiger partial charge < -0.3 is 9.15 Å². The molecule has 0 atom stereocenters. The normalized spacial score (nSPS) is 10.8. The van der Waals surface area contributed by atoms with Crippen molar-refractivity contribution in [1.29, 1.82) is 0 Å². The third-order valence-electron chi connectivity index (χ3n) is 3.72. The molecule has 0 unspecified atom stereocenters. The minimum absolute atomic E-state index is 0.0686. The number of benzene rings is 2. The summed E-state index contributed by atoms with van der Waals surface area (Å²) in [4.78, 5) is 25.1. The topological polar surface area (TPSA) is 78.1 Å². The van der Waals surface area contributed by atoms with Gasteiger partial charge in [0.2, 0.25) is 5.89 Å². The molecule has 0 radical (unpaired) electrons. The van der Waals surface area contributed by atoms with Crippen LogP contribution in [0.2, 0.25) is 0 Å². The van der Waals surface area contributed by atoms with Gasteiger partial charge in [0.15, 0.2) is 0 Å². The lowest BCUT2D eigenvalue weighted by Gasteiger charge is -2.03. The Morgan fingerprint density at radius 2 is 1.78 bits per heavy atom. The monoisotopic (exact) mass is 377 g/mol. The second kappa shape index (κ2) is 8.01. The molecule has 2 aromatic heterocycles. The molecule has 7 heteroatoms. The molecule has 0 aliphatic carbocycles. The van der Waals surface area contributed by atoms with Crippen molar-refractivity contribution in [2.24, 2.45) is 0 Å². The Hall–Kier alpha value is -3.19. The van der Waals surface area contributed by atoms with Gasteiger partial charge in [0.05, 0.1) is 23.0 Å². The van der Waals surface area contributed by atoms with Crippen molar-refractivity contribution in [1.82, 2.24) is 15.0 Å². The van der Waals surface area contributed by atoms with Crippen LogP contribution in [0.3, 0.4) is 0 Å². The lowest BCUT2D eigenvalue weighted by atomic mass is 10.2. The van der Waals surface area contributed by atoms with E-state index in [4.69, 9.17) is 9.15 Å². The summed E-state index contributed by atoms with van der Waals surface area (Å²) < 4.78 is 10.7. The number of aromatic nitrogens is 3. The molecule has 0 bridgehead atoms. The minimum Gasteiger partial charge on any atom is -0.458 e. The highest BCUT2D eigenvalue weighted by molar-refractivity contribution is 7.99. The van der Waals surface area contributed by atoms with Crippen molar-refractivity contribution in [2.75, 3.05) is 5.75 Å². The lowest BCUT2D eigenvalue weighted by Crippen LogP contribution is -2.07. The van der Waals surface area contributed by atoms with Crippen molar-refractivity contribution >= 4 is 28.8 Å². The summed E-state index contributed by atoms with van der Waals surface area (Å²) in [5.41, 5.74) is 3.06. The van der Waals surface area contributed by atoms with Gasteiger partial charge in [0.25, 0.3) is 0 Å². The first-order chi connectivity index (χ1) is 13.3. The highest BCUT2D eigenvalue weighted by Crippen LogP contribution is 2.20. The van der Waals surface area contributed by atoms with Crippen LogP contribution in [0.4, 0.5) is 0 Å². The molecule has 134 valence electrons. The van der Waals surface area contributed by atoms with Gasteiger partial charge in [0.1, 0.15) is 23.6 Å².